The molecule has 2 aromatic rings. The van der Waals surface area contributed by atoms with Crippen molar-refractivity contribution in [2.75, 3.05) is 20.7 Å². The van der Waals surface area contributed by atoms with E-state index in [0.717, 1.165) is 22.0 Å². The standard InChI is InChI=1S/C20H25N3O3S/c1-14-13-27-18(21-14)12-22(2)20(25)16-8-9-19(24)23(11-16)10-15-6-4-5-7-17(15)26-3/h4-7,13,16H,8-12H2,1-3H3/t16-/m1/s1. The molecule has 2 heterocycles. The Kier molecular flexibility index (Phi) is 6.11. The summed E-state index contributed by atoms with van der Waals surface area (Å²) in [6.45, 7) is 3.36. The van der Waals surface area contributed by atoms with Crippen molar-refractivity contribution in [3.8, 4) is 5.75 Å². The minimum absolute atomic E-state index is 0.0698. The fourth-order valence-corrected chi connectivity index (χ4v) is 4.20. The summed E-state index contributed by atoms with van der Waals surface area (Å²) in [6, 6.07) is 7.67. The molecule has 0 saturated carbocycles. The Morgan fingerprint density at radius 1 is 1.41 bits per heavy atom. The molecule has 7 heteroatoms. The molecule has 2 amide bonds. The number of thiazole rings is 1. The summed E-state index contributed by atoms with van der Waals surface area (Å²) in [5.41, 5.74) is 1.93. The van der Waals surface area contributed by atoms with Gasteiger partial charge in [-0.1, -0.05) is 18.2 Å². The minimum Gasteiger partial charge on any atom is -0.496 e. The van der Waals surface area contributed by atoms with Gasteiger partial charge in [0.2, 0.25) is 11.8 Å². The van der Waals surface area contributed by atoms with Gasteiger partial charge in [0.05, 0.1) is 19.6 Å². The van der Waals surface area contributed by atoms with Crippen molar-refractivity contribution in [1.82, 2.24) is 14.8 Å². The van der Waals surface area contributed by atoms with Crippen molar-refractivity contribution < 1.29 is 14.3 Å². The molecule has 1 saturated heterocycles. The summed E-state index contributed by atoms with van der Waals surface area (Å²) in [5, 5.41) is 2.92. The number of amides is 2. The number of hydrogen-bond donors (Lipinski definition) is 0. The number of rotatable bonds is 6. The number of carbonyl (C=O) groups excluding carboxylic acids is 2. The highest BCUT2D eigenvalue weighted by Gasteiger charge is 2.32. The molecule has 1 aromatic carbocycles. The maximum Gasteiger partial charge on any atom is 0.227 e. The highest BCUT2D eigenvalue weighted by atomic mass is 32.1. The largest absolute Gasteiger partial charge is 0.496 e. The second-order valence-electron chi connectivity index (χ2n) is 6.90. The zero-order valence-corrected chi connectivity index (χ0v) is 16.8. The van der Waals surface area contributed by atoms with Crippen LogP contribution in [0.15, 0.2) is 29.6 Å². The first-order valence-electron chi connectivity index (χ1n) is 9.03. The van der Waals surface area contributed by atoms with Crippen LogP contribution in [0.1, 0.15) is 29.1 Å². The molecule has 144 valence electrons. The van der Waals surface area contributed by atoms with E-state index in [1.165, 1.54) is 0 Å². The average Bonchev–Trinajstić information content (AvgIpc) is 3.08. The third-order valence-electron chi connectivity index (χ3n) is 4.82. The van der Waals surface area contributed by atoms with Crippen LogP contribution in [0.25, 0.3) is 0 Å². The first-order valence-corrected chi connectivity index (χ1v) is 9.91. The Morgan fingerprint density at radius 3 is 2.89 bits per heavy atom. The van der Waals surface area contributed by atoms with Crippen LogP contribution in [0.3, 0.4) is 0 Å². The Hall–Kier alpha value is -2.41. The first-order chi connectivity index (χ1) is 13.0. The summed E-state index contributed by atoms with van der Waals surface area (Å²) >= 11 is 1.57. The number of aromatic nitrogens is 1. The molecule has 0 unspecified atom stereocenters. The van der Waals surface area contributed by atoms with Crippen LogP contribution in [0.2, 0.25) is 0 Å². The lowest BCUT2D eigenvalue weighted by Crippen LogP contribution is -2.45. The smallest absolute Gasteiger partial charge is 0.227 e. The van der Waals surface area contributed by atoms with Crippen molar-refractivity contribution >= 4 is 23.2 Å². The van der Waals surface area contributed by atoms with E-state index in [4.69, 9.17) is 4.74 Å². The Labute approximate surface area is 163 Å². The third-order valence-corrected chi connectivity index (χ3v) is 5.77. The van der Waals surface area contributed by atoms with Gasteiger partial charge in [-0.05, 0) is 19.4 Å². The lowest BCUT2D eigenvalue weighted by Gasteiger charge is -2.34. The van der Waals surface area contributed by atoms with Gasteiger partial charge < -0.3 is 14.5 Å². The van der Waals surface area contributed by atoms with Gasteiger partial charge in [-0.2, -0.15) is 0 Å². The normalized spacial score (nSPS) is 17.1. The van der Waals surface area contributed by atoms with Gasteiger partial charge in [0.15, 0.2) is 0 Å². The van der Waals surface area contributed by atoms with Gasteiger partial charge in [-0.15, -0.1) is 11.3 Å². The maximum atomic E-state index is 12.9. The van der Waals surface area contributed by atoms with E-state index in [1.807, 2.05) is 36.6 Å². The lowest BCUT2D eigenvalue weighted by atomic mass is 9.95. The summed E-state index contributed by atoms with van der Waals surface area (Å²) in [6.07, 6.45) is 0.997. The van der Waals surface area contributed by atoms with Crippen LogP contribution in [0.4, 0.5) is 0 Å². The number of likely N-dealkylation sites (tertiary alicyclic amines) is 1. The second kappa shape index (κ2) is 8.52. The number of para-hydroxylation sites is 1. The Balaban J connectivity index is 1.65. The van der Waals surface area contributed by atoms with Gasteiger partial charge in [0, 0.05) is 43.2 Å². The summed E-state index contributed by atoms with van der Waals surface area (Å²) in [5.74, 6) is 0.738. The van der Waals surface area contributed by atoms with E-state index in [-0.39, 0.29) is 17.7 Å². The number of nitrogens with zero attached hydrogens (tertiary/aromatic N) is 3. The van der Waals surface area contributed by atoms with Crippen LogP contribution in [-0.4, -0.2) is 47.3 Å². The monoisotopic (exact) mass is 387 g/mol. The van der Waals surface area contributed by atoms with E-state index in [1.54, 1.807) is 35.3 Å². The van der Waals surface area contributed by atoms with Gasteiger partial charge >= 0.3 is 0 Å². The van der Waals surface area contributed by atoms with Crippen LogP contribution in [0.5, 0.6) is 5.75 Å². The number of hydrogen-bond acceptors (Lipinski definition) is 5. The van der Waals surface area contributed by atoms with Crippen LogP contribution < -0.4 is 4.74 Å². The van der Waals surface area contributed by atoms with Crippen molar-refractivity contribution in [1.29, 1.82) is 0 Å². The van der Waals surface area contributed by atoms with Gasteiger partial charge in [0.1, 0.15) is 10.8 Å². The number of benzene rings is 1. The number of carbonyl (C=O) groups is 2. The second-order valence-corrected chi connectivity index (χ2v) is 7.84. The topological polar surface area (TPSA) is 62.7 Å². The van der Waals surface area contributed by atoms with Crippen LogP contribution >= 0.6 is 11.3 Å². The van der Waals surface area contributed by atoms with Gasteiger partial charge in [0.25, 0.3) is 0 Å². The molecular formula is C20H25N3O3S. The summed E-state index contributed by atoms with van der Waals surface area (Å²) in [7, 11) is 3.43. The van der Waals surface area contributed by atoms with Crippen molar-refractivity contribution in [2.45, 2.75) is 32.9 Å². The highest BCUT2D eigenvalue weighted by Crippen LogP contribution is 2.25. The maximum absolute atomic E-state index is 12.9. The van der Waals surface area contributed by atoms with E-state index < -0.39 is 0 Å². The van der Waals surface area contributed by atoms with E-state index in [2.05, 4.69) is 4.98 Å². The fraction of sp³-hybridized carbons (Fsp3) is 0.450. The molecule has 0 radical (unpaired) electrons. The molecule has 0 spiro atoms. The molecule has 1 aliphatic rings. The van der Waals surface area contributed by atoms with E-state index in [0.29, 0.717) is 32.5 Å². The molecule has 6 nitrogen and oxygen atoms in total. The number of ether oxygens (including phenoxy) is 1. The molecule has 1 fully saturated rings. The molecule has 0 bridgehead atoms. The third kappa shape index (κ3) is 4.66. The quantitative estimate of drug-likeness (QED) is 0.765. The molecule has 1 aromatic heterocycles. The van der Waals surface area contributed by atoms with Crippen molar-refractivity contribution in [2.24, 2.45) is 5.92 Å². The zero-order chi connectivity index (χ0) is 19.4. The molecule has 0 aliphatic carbocycles. The Morgan fingerprint density at radius 2 is 2.19 bits per heavy atom. The van der Waals surface area contributed by atoms with Gasteiger partial charge in [-0.25, -0.2) is 4.98 Å². The first kappa shape index (κ1) is 19.4. The molecule has 1 atom stereocenters. The number of aryl methyl sites for hydroxylation is 1. The predicted molar refractivity (Wildman–Crippen MR) is 104 cm³/mol. The highest BCUT2D eigenvalue weighted by molar-refractivity contribution is 7.09. The molecule has 1 aliphatic heterocycles. The number of methoxy groups -OCH3 is 1. The molecule has 27 heavy (non-hydrogen) atoms. The molecule has 0 N–H and O–H groups in total. The van der Waals surface area contributed by atoms with Crippen molar-refractivity contribution in [3.05, 3.63) is 45.9 Å². The number of piperidine rings is 1. The van der Waals surface area contributed by atoms with Gasteiger partial charge in [-0.3, -0.25) is 9.59 Å². The minimum atomic E-state index is -0.177. The zero-order valence-electron chi connectivity index (χ0n) is 16.0. The van der Waals surface area contributed by atoms with Crippen molar-refractivity contribution in [3.63, 3.8) is 0 Å². The average molecular weight is 388 g/mol. The van der Waals surface area contributed by atoms with E-state index >= 15 is 0 Å². The van der Waals surface area contributed by atoms with E-state index in [9.17, 15) is 9.59 Å². The molecular weight excluding hydrogens is 362 g/mol. The SMILES string of the molecule is COc1ccccc1CN1C[C@H](C(=O)N(C)Cc2nc(C)cs2)CCC1=O. The summed E-state index contributed by atoms with van der Waals surface area (Å²) < 4.78 is 5.38. The van der Waals surface area contributed by atoms with Crippen LogP contribution in [-0.2, 0) is 22.7 Å². The van der Waals surface area contributed by atoms with Crippen LogP contribution in [0, 0.1) is 12.8 Å². The summed E-state index contributed by atoms with van der Waals surface area (Å²) in [4.78, 5) is 33.2. The predicted octanol–water partition coefficient (Wildman–Crippen LogP) is 2.86. The fourth-order valence-electron chi connectivity index (χ4n) is 3.38. The Bertz CT molecular complexity index is 820. The molecule has 3 rings (SSSR count). The lowest BCUT2D eigenvalue weighted by molar-refractivity contribution is -0.143.